The van der Waals surface area contributed by atoms with E-state index in [9.17, 15) is 0 Å². The molecule has 1 saturated carbocycles. The minimum Gasteiger partial charge on any atom is -0.489 e. The van der Waals surface area contributed by atoms with Gasteiger partial charge in [-0.15, -0.1) is 0 Å². The van der Waals surface area contributed by atoms with Gasteiger partial charge < -0.3 is 10.1 Å². The van der Waals surface area contributed by atoms with Crippen LogP contribution in [-0.2, 0) is 13.2 Å². The van der Waals surface area contributed by atoms with Crippen LogP contribution >= 0.6 is 15.9 Å². The smallest absolute Gasteiger partial charge is 0.124 e. The normalized spacial score (nSPS) is 16.4. The quantitative estimate of drug-likeness (QED) is 0.532. The van der Waals surface area contributed by atoms with Crippen molar-refractivity contribution in [2.75, 3.05) is 0 Å². The number of benzene rings is 2. The topological polar surface area (TPSA) is 21.3 Å². The van der Waals surface area contributed by atoms with Crippen molar-refractivity contribution >= 4 is 15.9 Å². The monoisotopic (exact) mass is 415 g/mol. The van der Waals surface area contributed by atoms with Crippen LogP contribution in [0.2, 0.25) is 0 Å². The molecule has 1 fully saturated rings. The molecule has 0 heterocycles. The van der Waals surface area contributed by atoms with Gasteiger partial charge in [-0.3, -0.25) is 0 Å². The molecule has 1 aliphatic rings. The zero-order chi connectivity index (χ0) is 18.2. The fourth-order valence-electron chi connectivity index (χ4n) is 3.85. The number of para-hydroxylation sites is 1. The molecule has 26 heavy (non-hydrogen) atoms. The summed E-state index contributed by atoms with van der Waals surface area (Å²) >= 11 is 3.59. The molecule has 1 atom stereocenters. The van der Waals surface area contributed by atoms with Crippen molar-refractivity contribution in [1.29, 1.82) is 0 Å². The average Bonchev–Trinajstić information content (AvgIpc) is 2.67. The third kappa shape index (κ3) is 5.85. The molecule has 1 aliphatic carbocycles. The highest BCUT2D eigenvalue weighted by Crippen LogP contribution is 2.27. The first-order chi connectivity index (χ1) is 12.7. The maximum absolute atomic E-state index is 6.12. The molecule has 1 N–H and O–H groups in total. The highest BCUT2D eigenvalue weighted by Gasteiger charge is 2.16. The molecule has 0 radical (unpaired) electrons. The van der Waals surface area contributed by atoms with Crippen LogP contribution in [0.15, 0.2) is 53.0 Å². The molecule has 0 amide bonds. The summed E-state index contributed by atoms with van der Waals surface area (Å²) in [6.45, 7) is 3.76. The second-order valence-corrected chi connectivity index (χ2v) is 8.36. The first-order valence-corrected chi connectivity index (χ1v) is 10.7. The van der Waals surface area contributed by atoms with E-state index < -0.39 is 0 Å². The van der Waals surface area contributed by atoms with E-state index in [1.54, 1.807) is 0 Å². The summed E-state index contributed by atoms with van der Waals surface area (Å²) in [7, 11) is 0. The molecule has 0 bridgehead atoms. The Balaban J connectivity index is 1.52. The van der Waals surface area contributed by atoms with E-state index in [0.717, 1.165) is 22.7 Å². The summed E-state index contributed by atoms with van der Waals surface area (Å²) in [5.74, 6) is 1.88. The highest BCUT2D eigenvalue weighted by molar-refractivity contribution is 9.10. The second kappa shape index (κ2) is 10.1. The number of rotatable bonds is 8. The summed E-state index contributed by atoms with van der Waals surface area (Å²) < 4.78 is 7.21. The standard InChI is InChI=1S/C23H30BrNO/c1-18(15-19-9-3-2-4-10-19)25-16-20-11-6-8-14-23(20)26-17-21-12-5-7-13-22(21)24/h5-8,11-14,18-19,25H,2-4,9-10,15-17H2,1H3. The number of ether oxygens (including phenoxy) is 1. The molecule has 2 aromatic rings. The van der Waals surface area contributed by atoms with Gasteiger partial charge in [0.15, 0.2) is 0 Å². The third-order valence-electron chi connectivity index (χ3n) is 5.37. The van der Waals surface area contributed by atoms with Gasteiger partial charge in [-0.05, 0) is 31.4 Å². The van der Waals surface area contributed by atoms with Crippen molar-refractivity contribution < 1.29 is 4.74 Å². The average molecular weight is 416 g/mol. The van der Waals surface area contributed by atoms with Crippen molar-refractivity contribution in [3.63, 3.8) is 0 Å². The lowest BCUT2D eigenvalue weighted by Gasteiger charge is -2.25. The van der Waals surface area contributed by atoms with E-state index in [-0.39, 0.29) is 0 Å². The predicted molar refractivity (Wildman–Crippen MR) is 112 cm³/mol. The zero-order valence-electron chi connectivity index (χ0n) is 15.7. The highest BCUT2D eigenvalue weighted by atomic mass is 79.9. The molecule has 2 nitrogen and oxygen atoms in total. The molecule has 1 unspecified atom stereocenters. The zero-order valence-corrected chi connectivity index (χ0v) is 17.3. The van der Waals surface area contributed by atoms with E-state index in [1.165, 1.54) is 49.7 Å². The van der Waals surface area contributed by atoms with Crippen LogP contribution in [0.3, 0.4) is 0 Å². The van der Waals surface area contributed by atoms with Gasteiger partial charge in [-0.25, -0.2) is 0 Å². The largest absolute Gasteiger partial charge is 0.489 e. The Morgan fingerprint density at radius 2 is 1.69 bits per heavy atom. The van der Waals surface area contributed by atoms with Crippen molar-refractivity contribution in [2.24, 2.45) is 5.92 Å². The molecular weight excluding hydrogens is 386 g/mol. The fraction of sp³-hybridized carbons (Fsp3) is 0.478. The summed E-state index contributed by atoms with van der Waals surface area (Å²) in [4.78, 5) is 0. The van der Waals surface area contributed by atoms with Crippen LogP contribution in [0.25, 0.3) is 0 Å². The van der Waals surface area contributed by atoms with Gasteiger partial charge in [-0.2, -0.15) is 0 Å². The van der Waals surface area contributed by atoms with Crippen molar-refractivity contribution in [2.45, 2.75) is 64.6 Å². The molecule has 3 rings (SSSR count). The van der Waals surface area contributed by atoms with Crippen LogP contribution in [0.5, 0.6) is 5.75 Å². The predicted octanol–water partition coefficient (Wildman–Crippen LogP) is 6.48. The molecule has 0 saturated heterocycles. The van der Waals surface area contributed by atoms with E-state index in [2.05, 4.69) is 58.5 Å². The van der Waals surface area contributed by atoms with Crippen molar-refractivity contribution in [1.82, 2.24) is 5.32 Å². The number of hydrogen-bond acceptors (Lipinski definition) is 2. The van der Waals surface area contributed by atoms with Gasteiger partial charge in [0, 0.05) is 28.2 Å². The van der Waals surface area contributed by atoms with E-state index in [4.69, 9.17) is 4.74 Å². The van der Waals surface area contributed by atoms with E-state index in [0.29, 0.717) is 12.6 Å². The molecular formula is C23H30BrNO. The van der Waals surface area contributed by atoms with Gasteiger partial charge in [0.2, 0.25) is 0 Å². The van der Waals surface area contributed by atoms with Gasteiger partial charge >= 0.3 is 0 Å². The Labute approximate surface area is 166 Å². The van der Waals surface area contributed by atoms with Crippen LogP contribution in [-0.4, -0.2) is 6.04 Å². The summed E-state index contributed by atoms with van der Waals surface area (Å²) in [5, 5.41) is 3.71. The van der Waals surface area contributed by atoms with Crippen molar-refractivity contribution in [3.05, 3.63) is 64.1 Å². The Hall–Kier alpha value is -1.32. The van der Waals surface area contributed by atoms with Gasteiger partial charge in [0.05, 0.1) is 0 Å². The first-order valence-electron chi connectivity index (χ1n) is 9.90. The fourth-order valence-corrected chi connectivity index (χ4v) is 4.25. The van der Waals surface area contributed by atoms with E-state index >= 15 is 0 Å². The Kier molecular flexibility index (Phi) is 7.57. The summed E-state index contributed by atoms with van der Waals surface area (Å²) in [5.41, 5.74) is 2.40. The van der Waals surface area contributed by atoms with Gasteiger partial charge in [0.1, 0.15) is 12.4 Å². The summed E-state index contributed by atoms with van der Waals surface area (Å²) in [6, 6.07) is 17.1. The molecule has 0 aliphatic heterocycles. The lowest BCUT2D eigenvalue weighted by molar-refractivity contribution is 0.294. The Bertz CT molecular complexity index is 681. The lowest BCUT2D eigenvalue weighted by atomic mass is 9.85. The van der Waals surface area contributed by atoms with Crippen molar-refractivity contribution in [3.8, 4) is 5.75 Å². The van der Waals surface area contributed by atoms with Crippen LogP contribution in [0.4, 0.5) is 0 Å². The Morgan fingerprint density at radius 1 is 1.00 bits per heavy atom. The molecule has 0 aromatic heterocycles. The lowest BCUT2D eigenvalue weighted by Crippen LogP contribution is -2.28. The van der Waals surface area contributed by atoms with Gasteiger partial charge in [-0.1, -0.05) is 84.4 Å². The molecule has 3 heteroatoms. The maximum Gasteiger partial charge on any atom is 0.124 e. The molecule has 2 aromatic carbocycles. The van der Waals surface area contributed by atoms with Crippen LogP contribution in [0.1, 0.15) is 56.6 Å². The number of hydrogen-bond donors (Lipinski definition) is 1. The molecule has 0 spiro atoms. The van der Waals surface area contributed by atoms with Crippen LogP contribution < -0.4 is 10.1 Å². The third-order valence-corrected chi connectivity index (χ3v) is 6.14. The number of nitrogens with one attached hydrogen (secondary N) is 1. The molecule has 140 valence electrons. The first kappa shape index (κ1) is 19.4. The maximum atomic E-state index is 6.12. The van der Waals surface area contributed by atoms with Crippen LogP contribution in [0, 0.1) is 5.92 Å². The Morgan fingerprint density at radius 3 is 2.46 bits per heavy atom. The second-order valence-electron chi connectivity index (χ2n) is 7.51. The SMILES string of the molecule is CC(CC1CCCCC1)NCc1ccccc1OCc1ccccc1Br. The van der Waals surface area contributed by atoms with E-state index in [1.807, 2.05) is 18.2 Å². The summed E-state index contributed by atoms with van der Waals surface area (Å²) in [6.07, 6.45) is 8.39. The minimum atomic E-state index is 0.550. The van der Waals surface area contributed by atoms with Gasteiger partial charge in [0.25, 0.3) is 0 Å². The number of halogens is 1. The minimum absolute atomic E-state index is 0.550.